The average molecular weight is 895 g/mol. The molecule has 0 bridgehead atoms. The summed E-state index contributed by atoms with van der Waals surface area (Å²) in [6, 6.07) is 7.85. The number of nitrogens with two attached hydrogens (primary N) is 2. The maximum atomic E-state index is 14.0. The van der Waals surface area contributed by atoms with Crippen molar-refractivity contribution in [2.75, 3.05) is 37.8 Å². The third kappa shape index (κ3) is 15.1. The van der Waals surface area contributed by atoms with Crippen LogP contribution in [0.5, 0.6) is 5.75 Å². The Labute approximate surface area is 357 Å². The van der Waals surface area contributed by atoms with Gasteiger partial charge in [-0.1, -0.05) is 64.1 Å². The zero-order valence-electron chi connectivity index (χ0n) is 32.5. The number of carbonyl (C=O) groups is 7. The highest BCUT2D eigenvalue weighted by atomic mass is 33.1. The van der Waals surface area contributed by atoms with Crippen molar-refractivity contribution in [3.63, 3.8) is 0 Å². The van der Waals surface area contributed by atoms with Crippen LogP contribution in [0.4, 0.5) is 0 Å². The Morgan fingerprint density at radius 2 is 1.57 bits per heavy atom. The van der Waals surface area contributed by atoms with E-state index in [0.29, 0.717) is 11.1 Å². The second kappa shape index (κ2) is 23.8. The van der Waals surface area contributed by atoms with E-state index in [0.717, 1.165) is 21.6 Å². The molecule has 2 heterocycles. The molecule has 15 N–H and O–H groups in total. The van der Waals surface area contributed by atoms with Crippen LogP contribution in [0.1, 0.15) is 11.1 Å². The third-order valence-electron chi connectivity index (χ3n) is 9.25. The summed E-state index contributed by atoms with van der Waals surface area (Å²) in [5, 5.41) is 64.7. The Hall–Kier alpha value is -5.05. The Bertz CT molecular complexity index is 1830. The van der Waals surface area contributed by atoms with Crippen LogP contribution >= 0.6 is 21.6 Å². The molecule has 2 aromatic carbocycles. The number of aromatic hydroxyl groups is 1. The van der Waals surface area contributed by atoms with E-state index in [1.807, 2.05) is 0 Å². The number of aliphatic hydroxyl groups is 4. The largest absolute Gasteiger partial charge is 0.508 e. The first-order valence-electron chi connectivity index (χ1n) is 18.8. The maximum Gasteiger partial charge on any atom is 0.245 e. The van der Waals surface area contributed by atoms with Gasteiger partial charge in [0.15, 0.2) is 6.29 Å². The zero-order chi connectivity index (χ0) is 44.6. The van der Waals surface area contributed by atoms with Crippen molar-refractivity contribution < 1.29 is 68.6 Å². The third-order valence-corrected chi connectivity index (χ3v) is 11.7. The molecule has 0 aliphatic carbocycles. The van der Waals surface area contributed by atoms with Crippen molar-refractivity contribution in [3.05, 3.63) is 65.7 Å². The molecule has 4 rings (SSSR count). The molecule has 22 nitrogen and oxygen atoms in total. The molecule has 10 atom stereocenters. The minimum Gasteiger partial charge on any atom is -0.508 e. The van der Waals surface area contributed by atoms with Crippen molar-refractivity contribution in [2.24, 2.45) is 11.5 Å². The van der Waals surface area contributed by atoms with Gasteiger partial charge >= 0.3 is 0 Å². The van der Waals surface area contributed by atoms with Gasteiger partial charge in [0, 0.05) is 17.9 Å². The van der Waals surface area contributed by atoms with Crippen LogP contribution in [0, 0.1) is 0 Å². The van der Waals surface area contributed by atoms with Gasteiger partial charge in [-0.05, 0) is 29.7 Å². The lowest BCUT2D eigenvalue weighted by molar-refractivity contribution is -0.301. The molecular weight excluding hydrogens is 845 g/mol. The summed E-state index contributed by atoms with van der Waals surface area (Å²) >= 11 is 0. The van der Waals surface area contributed by atoms with E-state index in [2.05, 4.69) is 31.9 Å². The van der Waals surface area contributed by atoms with E-state index in [4.69, 9.17) is 20.9 Å². The summed E-state index contributed by atoms with van der Waals surface area (Å²) in [7, 11) is 2.03. The fourth-order valence-corrected chi connectivity index (χ4v) is 8.20. The fraction of sp³-hybridized carbons (Fsp3) is 0.486. The second-order valence-corrected chi connectivity index (χ2v) is 16.5. The summed E-state index contributed by atoms with van der Waals surface area (Å²) in [5.74, 6) is -6.26. The first kappa shape index (κ1) is 48.6. The van der Waals surface area contributed by atoms with Crippen molar-refractivity contribution in [1.29, 1.82) is 0 Å². The summed E-state index contributed by atoms with van der Waals surface area (Å²) in [6.07, 6.45) is -8.46. The standard InChI is InChI=1S/C37H50N8O14S2/c38-21(10-19-6-8-20(47)9-7-19)32(53)44-24-16-60-61-17-25(45-35(56)22(11-18-4-2-1-3-5-18)42-28(49)13-41-34(24)55)36(57)43-23(33(54)40-12-27(39)48)15-58-37-31(52)30(51)29(50)26(14-46)59-37/h1-9,21-26,29-31,37,46-47,50-52H,10-17,38H2,(H2,39,48)(H,40,54)(H,41,55)(H,42,49)(H,43,57)(H,44,53)(H,45,56)/t21-,22-,23-,24?,25+,26+,29+,30-,31+,37+/m0/s1. The van der Waals surface area contributed by atoms with Crippen LogP contribution in [0.2, 0.25) is 0 Å². The van der Waals surface area contributed by atoms with E-state index >= 15 is 0 Å². The molecule has 0 aromatic heterocycles. The molecule has 334 valence electrons. The lowest BCUT2D eigenvalue weighted by Crippen LogP contribution is -2.61. The van der Waals surface area contributed by atoms with Crippen LogP contribution in [-0.4, -0.2) is 166 Å². The van der Waals surface area contributed by atoms with Gasteiger partial charge in [0.1, 0.15) is 54.3 Å². The van der Waals surface area contributed by atoms with E-state index < -0.39 is 129 Å². The zero-order valence-corrected chi connectivity index (χ0v) is 34.1. The van der Waals surface area contributed by atoms with Crippen molar-refractivity contribution >= 4 is 62.9 Å². The molecular formula is C37H50N8O14S2. The summed E-state index contributed by atoms with van der Waals surface area (Å²) in [6.45, 7) is -2.81. The number of rotatable bonds is 15. The first-order chi connectivity index (χ1) is 29.1. The lowest BCUT2D eigenvalue weighted by atomic mass is 9.99. The fourth-order valence-electron chi connectivity index (χ4n) is 5.87. The molecule has 0 spiro atoms. The van der Waals surface area contributed by atoms with Crippen LogP contribution in [0.25, 0.3) is 0 Å². The van der Waals surface area contributed by atoms with Crippen LogP contribution in [0.15, 0.2) is 54.6 Å². The van der Waals surface area contributed by atoms with Gasteiger partial charge < -0.3 is 78.4 Å². The number of carbonyl (C=O) groups excluding carboxylic acids is 7. The molecule has 2 aromatic rings. The normalized spacial score (nSPS) is 26.2. The number of amides is 7. The molecule has 1 unspecified atom stereocenters. The smallest absolute Gasteiger partial charge is 0.245 e. The highest BCUT2D eigenvalue weighted by molar-refractivity contribution is 8.76. The van der Waals surface area contributed by atoms with E-state index in [9.17, 15) is 59.1 Å². The number of primary amides is 1. The second-order valence-electron chi connectivity index (χ2n) is 14.0. The molecule has 24 heteroatoms. The number of nitrogens with one attached hydrogen (secondary N) is 6. The number of hydrogen-bond acceptors (Lipinski definition) is 17. The predicted molar refractivity (Wildman–Crippen MR) is 218 cm³/mol. The van der Waals surface area contributed by atoms with Crippen molar-refractivity contribution in [3.8, 4) is 5.75 Å². The number of aliphatic hydroxyl groups excluding tert-OH is 4. The Morgan fingerprint density at radius 1 is 0.885 bits per heavy atom. The van der Waals surface area contributed by atoms with Gasteiger partial charge in [-0.15, -0.1) is 0 Å². The van der Waals surface area contributed by atoms with E-state index in [1.54, 1.807) is 42.5 Å². The number of ether oxygens (including phenoxy) is 2. The quantitative estimate of drug-likeness (QED) is 0.0741. The highest BCUT2D eigenvalue weighted by Gasteiger charge is 2.44. The first-order valence-corrected chi connectivity index (χ1v) is 21.3. The molecule has 2 aliphatic rings. The van der Waals surface area contributed by atoms with Gasteiger partial charge in [-0.2, -0.15) is 0 Å². The molecule has 61 heavy (non-hydrogen) atoms. The minimum atomic E-state index is -1.86. The van der Waals surface area contributed by atoms with Crippen molar-refractivity contribution in [2.45, 2.75) is 73.8 Å². The van der Waals surface area contributed by atoms with Gasteiger partial charge in [0.25, 0.3) is 0 Å². The highest BCUT2D eigenvalue weighted by Crippen LogP contribution is 2.25. The van der Waals surface area contributed by atoms with Gasteiger partial charge in [0.05, 0.1) is 32.3 Å². The summed E-state index contributed by atoms with van der Waals surface area (Å²) in [4.78, 5) is 92.2. The van der Waals surface area contributed by atoms with Crippen LogP contribution in [-0.2, 0) is 55.9 Å². The molecule has 2 saturated heterocycles. The molecule has 2 fully saturated rings. The average Bonchev–Trinajstić information content (AvgIpc) is 3.24. The molecule has 0 radical (unpaired) electrons. The number of phenols is 1. The number of hydrogen-bond donors (Lipinski definition) is 13. The van der Waals surface area contributed by atoms with Gasteiger partial charge in [-0.3, -0.25) is 33.6 Å². The SMILES string of the molecule is NC(=O)CNC(=O)[C@H](CO[C@@H]1O[C@H](CO)[C@@H](O)[C@H](O)[C@H]1O)NC(=O)[C@H]1CSSCC(NC(=O)[C@@H](N)Cc2ccc(O)cc2)C(=O)NCC(=O)N[C@@H](Cc2ccccc2)C(=O)N1. The Kier molecular flexibility index (Phi) is 19.0. The van der Waals surface area contributed by atoms with Gasteiger partial charge in [-0.25, -0.2) is 0 Å². The summed E-state index contributed by atoms with van der Waals surface area (Å²) in [5.41, 5.74) is 12.6. The molecule has 7 amide bonds. The Morgan fingerprint density at radius 3 is 2.25 bits per heavy atom. The monoisotopic (exact) mass is 894 g/mol. The van der Waals surface area contributed by atoms with E-state index in [-0.39, 0.29) is 30.1 Å². The van der Waals surface area contributed by atoms with Crippen molar-refractivity contribution in [1.82, 2.24) is 31.9 Å². The van der Waals surface area contributed by atoms with Crippen LogP contribution in [0.3, 0.4) is 0 Å². The van der Waals surface area contributed by atoms with Gasteiger partial charge in [0.2, 0.25) is 41.4 Å². The van der Waals surface area contributed by atoms with E-state index in [1.165, 1.54) is 12.1 Å². The minimum absolute atomic E-state index is 0.0220. The maximum absolute atomic E-state index is 14.0. The topological polar surface area (TPSA) is 363 Å². The van der Waals surface area contributed by atoms with Crippen LogP contribution < -0.4 is 43.4 Å². The molecule has 2 aliphatic heterocycles. The number of benzene rings is 2. The Balaban J connectivity index is 1.55. The molecule has 0 saturated carbocycles. The lowest BCUT2D eigenvalue weighted by Gasteiger charge is -2.40. The number of phenolic OH excluding ortho intramolecular Hbond substituents is 1. The predicted octanol–water partition coefficient (Wildman–Crippen LogP) is -5.63. The summed E-state index contributed by atoms with van der Waals surface area (Å²) < 4.78 is 10.8.